The minimum atomic E-state index is 0.211. The van der Waals surface area contributed by atoms with Crippen LogP contribution < -0.4 is 5.32 Å². The van der Waals surface area contributed by atoms with Crippen LogP contribution in [-0.2, 0) is 11.2 Å². The summed E-state index contributed by atoms with van der Waals surface area (Å²) in [4.78, 5) is 18.9. The summed E-state index contributed by atoms with van der Waals surface area (Å²) >= 11 is 0. The Balaban J connectivity index is 1.47. The van der Waals surface area contributed by atoms with E-state index in [0.717, 1.165) is 37.5 Å². The number of fused-ring (bicyclic) bond motifs is 2. The van der Waals surface area contributed by atoms with Gasteiger partial charge in [-0.25, -0.2) is 4.98 Å². The van der Waals surface area contributed by atoms with Crippen molar-refractivity contribution >= 4 is 11.6 Å². The lowest BCUT2D eigenvalue weighted by Gasteiger charge is -2.16. The normalized spacial score (nSPS) is 25.3. The monoisotopic (exact) mass is 270 g/mol. The molecular weight excluding hydrogens is 252 g/mol. The van der Waals surface area contributed by atoms with E-state index in [4.69, 9.17) is 0 Å². The first-order valence-electron chi connectivity index (χ1n) is 7.21. The molecule has 0 aromatic carbocycles. The number of nitrogens with one attached hydrogen (secondary N) is 1. The van der Waals surface area contributed by atoms with Crippen molar-refractivity contribution in [1.29, 1.82) is 0 Å². The molecule has 0 spiro atoms. The van der Waals surface area contributed by atoms with Gasteiger partial charge in [-0.15, -0.1) is 0 Å². The van der Waals surface area contributed by atoms with Gasteiger partial charge in [0, 0.05) is 38.6 Å². The summed E-state index contributed by atoms with van der Waals surface area (Å²) in [5.41, 5.74) is 1.76. The van der Waals surface area contributed by atoms with Crippen LogP contribution >= 0.6 is 0 Å². The lowest BCUT2D eigenvalue weighted by molar-refractivity contribution is -0.129. The molecule has 2 aliphatic heterocycles. The highest BCUT2D eigenvalue weighted by Gasteiger charge is 2.37. The van der Waals surface area contributed by atoms with Gasteiger partial charge in [0.1, 0.15) is 5.65 Å². The number of rotatable bonds is 2. The highest BCUT2D eigenvalue weighted by atomic mass is 16.2. The Morgan fingerprint density at radius 1 is 1.30 bits per heavy atom. The Labute approximate surface area is 117 Å². The van der Waals surface area contributed by atoms with Crippen LogP contribution in [0, 0.1) is 11.8 Å². The lowest BCUT2D eigenvalue weighted by Crippen LogP contribution is -2.33. The summed E-state index contributed by atoms with van der Waals surface area (Å²) < 4.78 is 1.96. The van der Waals surface area contributed by atoms with Gasteiger partial charge in [-0.2, -0.15) is 0 Å². The summed E-state index contributed by atoms with van der Waals surface area (Å²) in [6.45, 7) is 3.93. The fraction of sp³-hybridized carbons (Fsp3) is 0.467. The number of aromatic nitrogens is 2. The third kappa shape index (κ3) is 1.98. The predicted molar refractivity (Wildman–Crippen MR) is 75.3 cm³/mol. The van der Waals surface area contributed by atoms with E-state index >= 15 is 0 Å². The largest absolute Gasteiger partial charge is 0.342 e. The van der Waals surface area contributed by atoms with Crippen molar-refractivity contribution in [3.8, 4) is 0 Å². The van der Waals surface area contributed by atoms with Crippen LogP contribution in [0.1, 0.15) is 5.69 Å². The van der Waals surface area contributed by atoms with Crippen molar-refractivity contribution in [2.75, 3.05) is 26.2 Å². The minimum absolute atomic E-state index is 0.211. The number of likely N-dealkylation sites (tertiary alicyclic amines) is 1. The Kier molecular flexibility index (Phi) is 2.73. The second-order valence-electron chi connectivity index (χ2n) is 5.85. The first kappa shape index (κ1) is 11.9. The summed E-state index contributed by atoms with van der Waals surface area (Å²) in [6, 6.07) is 5.89. The summed E-state index contributed by atoms with van der Waals surface area (Å²) in [5.74, 6) is 1.52. The minimum Gasteiger partial charge on any atom is -0.342 e. The van der Waals surface area contributed by atoms with Crippen molar-refractivity contribution in [3.63, 3.8) is 0 Å². The summed E-state index contributed by atoms with van der Waals surface area (Å²) in [7, 11) is 0. The molecule has 2 atom stereocenters. The third-order valence-corrected chi connectivity index (χ3v) is 4.49. The number of imidazole rings is 1. The third-order valence-electron chi connectivity index (χ3n) is 4.49. The molecule has 4 heterocycles. The van der Waals surface area contributed by atoms with Crippen LogP contribution in [-0.4, -0.2) is 46.4 Å². The maximum absolute atomic E-state index is 12.4. The van der Waals surface area contributed by atoms with Crippen LogP contribution in [0.25, 0.3) is 5.65 Å². The molecule has 2 fully saturated rings. The summed E-state index contributed by atoms with van der Waals surface area (Å²) in [5, 5.41) is 3.40. The molecule has 4 rings (SSSR count). The lowest BCUT2D eigenvalue weighted by atomic mass is 10.0. The Morgan fingerprint density at radius 3 is 2.85 bits per heavy atom. The number of nitrogens with zero attached hydrogens (tertiary/aromatic N) is 3. The van der Waals surface area contributed by atoms with Gasteiger partial charge in [-0.3, -0.25) is 4.79 Å². The van der Waals surface area contributed by atoms with Gasteiger partial charge < -0.3 is 14.6 Å². The fourth-order valence-electron chi connectivity index (χ4n) is 3.40. The number of hydrogen-bond donors (Lipinski definition) is 1. The van der Waals surface area contributed by atoms with Crippen molar-refractivity contribution < 1.29 is 4.79 Å². The number of pyridine rings is 1. The molecule has 0 aliphatic carbocycles. The molecule has 0 radical (unpaired) electrons. The van der Waals surface area contributed by atoms with Crippen LogP contribution in [0.15, 0.2) is 30.6 Å². The zero-order chi connectivity index (χ0) is 13.5. The molecule has 1 N–H and O–H groups in total. The Morgan fingerprint density at radius 2 is 2.10 bits per heavy atom. The van der Waals surface area contributed by atoms with Crippen molar-refractivity contribution in [2.45, 2.75) is 6.42 Å². The van der Waals surface area contributed by atoms with E-state index in [9.17, 15) is 4.79 Å². The molecule has 2 aromatic heterocycles. The van der Waals surface area contributed by atoms with E-state index in [1.807, 2.05) is 39.9 Å². The Hall–Kier alpha value is -1.88. The number of carbonyl (C=O) groups is 1. The molecule has 0 bridgehead atoms. The number of carbonyl (C=O) groups excluding carboxylic acids is 1. The van der Waals surface area contributed by atoms with E-state index in [-0.39, 0.29) is 5.91 Å². The molecule has 2 aromatic rings. The molecule has 1 amide bonds. The van der Waals surface area contributed by atoms with Crippen LogP contribution in [0.3, 0.4) is 0 Å². The van der Waals surface area contributed by atoms with E-state index in [1.54, 1.807) is 0 Å². The Bertz CT molecular complexity index is 605. The standard InChI is InChI=1S/C15H18N4O/c20-15(19-8-11-6-16-7-12(11)9-19)5-13-10-18-4-2-1-3-14(18)17-13/h1-4,10-12,16H,5-9H2/t11-,12+. The van der Waals surface area contributed by atoms with E-state index in [1.165, 1.54) is 0 Å². The molecule has 2 saturated heterocycles. The summed E-state index contributed by atoms with van der Waals surface area (Å²) in [6.07, 6.45) is 4.32. The smallest absolute Gasteiger partial charge is 0.228 e. The second kappa shape index (κ2) is 4.59. The highest BCUT2D eigenvalue weighted by Crippen LogP contribution is 2.26. The first-order valence-corrected chi connectivity index (χ1v) is 7.21. The van der Waals surface area contributed by atoms with Crippen LogP contribution in [0.5, 0.6) is 0 Å². The van der Waals surface area contributed by atoms with Crippen molar-refractivity contribution in [1.82, 2.24) is 19.6 Å². The van der Waals surface area contributed by atoms with Gasteiger partial charge in [0.15, 0.2) is 0 Å². The first-order chi connectivity index (χ1) is 9.79. The molecule has 2 aliphatic rings. The molecule has 5 nitrogen and oxygen atoms in total. The van der Waals surface area contributed by atoms with E-state index in [0.29, 0.717) is 18.3 Å². The molecular formula is C15H18N4O. The van der Waals surface area contributed by atoms with Gasteiger partial charge >= 0.3 is 0 Å². The van der Waals surface area contributed by atoms with Gasteiger partial charge in [0.05, 0.1) is 12.1 Å². The molecule has 104 valence electrons. The zero-order valence-corrected chi connectivity index (χ0v) is 11.3. The molecule has 0 saturated carbocycles. The van der Waals surface area contributed by atoms with Gasteiger partial charge in [0.25, 0.3) is 0 Å². The predicted octanol–water partition coefficient (Wildman–Crippen LogP) is 0.555. The topological polar surface area (TPSA) is 49.6 Å². The average molecular weight is 270 g/mol. The average Bonchev–Trinajstić information content (AvgIpc) is 3.11. The fourth-order valence-corrected chi connectivity index (χ4v) is 3.40. The van der Waals surface area contributed by atoms with Crippen molar-refractivity contribution in [2.24, 2.45) is 11.8 Å². The van der Waals surface area contributed by atoms with Crippen LogP contribution in [0.4, 0.5) is 0 Å². The maximum Gasteiger partial charge on any atom is 0.228 e. The number of amides is 1. The second-order valence-corrected chi connectivity index (χ2v) is 5.85. The highest BCUT2D eigenvalue weighted by molar-refractivity contribution is 5.78. The van der Waals surface area contributed by atoms with Gasteiger partial charge in [-0.1, -0.05) is 6.07 Å². The van der Waals surface area contributed by atoms with Gasteiger partial charge in [-0.05, 0) is 24.0 Å². The number of hydrogen-bond acceptors (Lipinski definition) is 3. The maximum atomic E-state index is 12.4. The van der Waals surface area contributed by atoms with Crippen molar-refractivity contribution in [3.05, 3.63) is 36.3 Å². The SMILES string of the molecule is O=C(Cc1cn2ccccc2n1)N1C[C@H]2CNC[C@H]2C1. The van der Waals surface area contributed by atoms with Gasteiger partial charge in [0.2, 0.25) is 5.91 Å². The van der Waals surface area contributed by atoms with E-state index < -0.39 is 0 Å². The van der Waals surface area contributed by atoms with E-state index in [2.05, 4.69) is 10.3 Å². The van der Waals surface area contributed by atoms with Crippen LogP contribution in [0.2, 0.25) is 0 Å². The zero-order valence-electron chi connectivity index (χ0n) is 11.3. The molecule has 20 heavy (non-hydrogen) atoms. The molecule has 0 unspecified atom stereocenters. The quantitative estimate of drug-likeness (QED) is 0.867. The molecule has 5 heteroatoms.